The molecule has 0 radical (unpaired) electrons. The zero-order valence-electron chi connectivity index (χ0n) is 8.61. The number of aromatic nitrogens is 4. The van der Waals surface area contributed by atoms with Gasteiger partial charge < -0.3 is 4.98 Å². The molecule has 0 fully saturated rings. The molecule has 0 spiro atoms. The summed E-state index contributed by atoms with van der Waals surface area (Å²) in [6.45, 7) is 0. The molecule has 0 aromatic carbocycles. The van der Waals surface area contributed by atoms with E-state index in [4.69, 9.17) is 0 Å². The lowest BCUT2D eigenvalue weighted by Crippen LogP contribution is -1.84. The van der Waals surface area contributed by atoms with E-state index < -0.39 is 0 Å². The molecular formula is C11H9BrN4. The van der Waals surface area contributed by atoms with Crippen LogP contribution in [0.5, 0.6) is 0 Å². The van der Waals surface area contributed by atoms with Gasteiger partial charge in [0.15, 0.2) is 0 Å². The van der Waals surface area contributed by atoms with E-state index in [0.29, 0.717) is 0 Å². The molecule has 4 nitrogen and oxygen atoms in total. The van der Waals surface area contributed by atoms with E-state index in [0.717, 1.165) is 26.6 Å². The van der Waals surface area contributed by atoms with Crippen molar-refractivity contribution >= 4 is 27.0 Å². The lowest BCUT2D eigenvalue weighted by Gasteiger charge is -1.94. The molecule has 0 unspecified atom stereocenters. The average Bonchev–Trinajstić information content (AvgIpc) is 2.83. The number of nitrogens with one attached hydrogen (secondary N) is 1. The Hall–Kier alpha value is -1.62. The van der Waals surface area contributed by atoms with E-state index in [1.54, 1.807) is 10.9 Å². The topological polar surface area (TPSA) is 46.5 Å². The Kier molecular flexibility index (Phi) is 2.07. The lowest BCUT2D eigenvalue weighted by molar-refractivity contribution is 0.768. The highest BCUT2D eigenvalue weighted by molar-refractivity contribution is 9.10. The molecule has 0 aliphatic heterocycles. The molecule has 0 atom stereocenters. The van der Waals surface area contributed by atoms with Crippen molar-refractivity contribution in [3.8, 4) is 11.1 Å². The fourth-order valence-corrected chi connectivity index (χ4v) is 2.11. The van der Waals surface area contributed by atoms with E-state index in [1.807, 2.05) is 25.6 Å². The third-order valence-corrected chi connectivity index (χ3v) is 2.95. The quantitative estimate of drug-likeness (QED) is 0.743. The predicted octanol–water partition coefficient (Wildman–Crippen LogP) is 2.73. The first-order chi connectivity index (χ1) is 7.74. The average molecular weight is 277 g/mol. The van der Waals surface area contributed by atoms with Gasteiger partial charge in [-0.25, -0.2) is 4.98 Å². The number of aromatic amines is 1. The van der Waals surface area contributed by atoms with Gasteiger partial charge in [-0.3, -0.25) is 4.68 Å². The first kappa shape index (κ1) is 9.59. The third-order valence-electron chi connectivity index (χ3n) is 2.51. The van der Waals surface area contributed by atoms with Crippen LogP contribution in [0.4, 0.5) is 0 Å². The minimum absolute atomic E-state index is 0.891. The maximum Gasteiger partial charge on any atom is 0.137 e. The smallest absolute Gasteiger partial charge is 0.137 e. The van der Waals surface area contributed by atoms with Gasteiger partial charge in [-0.2, -0.15) is 5.10 Å². The number of pyridine rings is 1. The van der Waals surface area contributed by atoms with Gasteiger partial charge in [-0.15, -0.1) is 0 Å². The maximum atomic E-state index is 4.30. The van der Waals surface area contributed by atoms with Crippen LogP contribution in [0, 0.1) is 0 Å². The number of fused-ring (bicyclic) bond motifs is 1. The van der Waals surface area contributed by atoms with Crippen molar-refractivity contribution < 1.29 is 0 Å². The summed E-state index contributed by atoms with van der Waals surface area (Å²) >= 11 is 3.43. The van der Waals surface area contributed by atoms with E-state index in [-0.39, 0.29) is 0 Å². The molecule has 1 N–H and O–H groups in total. The first-order valence-corrected chi connectivity index (χ1v) is 5.65. The fraction of sp³-hybridized carbons (Fsp3) is 0.0909. The Morgan fingerprint density at radius 1 is 1.38 bits per heavy atom. The van der Waals surface area contributed by atoms with Gasteiger partial charge in [-0.05, 0) is 22.0 Å². The number of nitrogens with zero attached hydrogens (tertiary/aromatic N) is 3. The summed E-state index contributed by atoms with van der Waals surface area (Å²) in [4.78, 5) is 7.46. The molecule has 0 aliphatic carbocycles. The minimum atomic E-state index is 0.891. The molecule has 3 aromatic rings. The van der Waals surface area contributed by atoms with E-state index >= 15 is 0 Å². The van der Waals surface area contributed by atoms with Gasteiger partial charge in [0.1, 0.15) is 5.65 Å². The van der Waals surface area contributed by atoms with Crippen LogP contribution in [0.25, 0.3) is 22.2 Å². The SMILES string of the molecule is Cn1cc(-c2c[nH]c3ncc(Br)cc23)cn1. The van der Waals surface area contributed by atoms with Crippen molar-refractivity contribution in [3.63, 3.8) is 0 Å². The minimum Gasteiger partial charge on any atom is -0.346 e. The van der Waals surface area contributed by atoms with Crippen molar-refractivity contribution in [2.45, 2.75) is 0 Å². The Balaban J connectivity index is 2.27. The Morgan fingerprint density at radius 2 is 2.25 bits per heavy atom. The molecule has 0 amide bonds. The summed E-state index contributed by atoms with van der Waals surface area (Å²) in [5, 5.41) is 5.27. The standard InChI is InChI=1S/C11H9BrN4/c1-16-6-7(3-15-16)10-5-14-11-9(10)2-8(12)4-13-11/h2-6H,1H3,(H,13,14). The summed E-state index contributed by atoms with van der Waals surface area (Å²) in [6.07, 6.45) is 7.58. The van der Waals surface area contributed by atoms with Crippen LogP contribution in [-0.4, -0.2) is 19.7 Å². The van der Waals surface area contributed by atoms with Crippen molar-refractivity contribution in [2.75, 3.05) is 0 Å². The van der Waals surface area contributed by atoms with Crippen LogP contribution in [-0.2, 0) is 7.05 Å². The van der Waals surface area contributed by atoms with E-state index in [1.165, 1.54) is 0 Å². The fourth-order valence-electron chi connectivity index (χ4n) is 1.78. The molecule has 3 aromatic heterocycles. The molecule has 3 heterocycles. The largest absolute Gasteiger partial charge is 0.346 e. The van der Waals surface area contributed by atoms with Crippen molar-refractivity contribution in [1.29, 1.82) is 0 Å². The second-order valence-electron chi connectivity index (χ2n) is 3.65. The summed E-state index contributed by atoms with van der Waals surface area (Å²) < 4.78 is 2.77. The highest BCUT2D eigenvalue weighted by Crippen LogP contribution is 2.28. The van der Waals surface area contributed by atoms with Gasteiger partial charge >= 0.3 is 0 Å². The molecule has 80 valence electrons. The summed E-state index contributed by atoms with van der Waals surface area (Å²) in [7, 11) is 1.91. The number of H-pyrrole nitrogens is 1. The second-order valence-corrected chi connectivity index (χ2v) is 4.57. The van der Waals surface area contributed by atoms with Gasteiger partial charge in [0.2, 0.25) is 0 Å². The molecule has 16 heavy (non-hydrogen) atoms. The van der Waals surface area contributed by atoms with E-state index in [9.17, 15) is 0 Å². The summed E-state index contributed by atoms with van der Waals surface area (Å²) in [5.41, 5.74) is 3.10. The van der Waals surface area contributed by atoms with Crippen LogP contribution >= 0.6 is 15.9 Å². The number of hydrogen-bond acceptors (Lipinski definition) is 2. The summed E-state index contributed by atoms with van der Waals surface area (Å²) in [6, 6.07) is 2.06. The zero-order chi connectivity index (χ0) is 11.1. The number of hydrogen-bond donors (Lipinski definition) is 1. The van der Waals surface area contributed by atoms with Crippen LogP contribution in [0.15, 0.2) is 35.3 Å². The van der Waals surface area contributed by atoms with Crippen LogP contribution in [0.3, 0.4) is 0 Å². The Morgan fingerprint density at radius 3 is 3.00 bits per heavy atom. The third kappa shape index (κ3) is 1.44. The van der Waals surface area contributed by atoms with E-state index in [2.05, 4.69) is 37.1 Å². The molecule has 5 heteroatoms. The normalized spacial score (nSPS) is 11.1. The second kappa shape index (κ2) is 3.45. The monoisotopic (exact) mass is 276 g/mol. The van der Waals surface area contributed by atoms with Crippen LogP contribution < -0.4 is 0 Å². The lowest BCUT2D eigenvalue weighted by atomic mass is 10.1. The van der Waals surface area contributed by atoms with Crippen LogP contribution in [0.1, 0.15) is 0 Å². The molecule has 0 bridgehead atoms. The van der Waals surface area contributed by atoms with Crippen molar-refractivity contribution in [3.05, 3.63) is 35.3 Å². The van der Waals surface area contributed by atoms with Gasteiger partial charge in [0, 0.05) is 46.6 Å². The molecule has 3 rings (SSSR count). The molecule has 0 saturated heterocycles. The molecule has 0 aliphatic rings. The highest BCUT2D eigenvalue weighted by Gasteiger charge is 2.08. The molecule has 0 saturated carbocycles. The number of halogens is 1. The first-order valence-electron chi connectivity index (χ1n) is 4.86. The predicted molar refractivity (Wildman–Crippen MR) is 66.0 cm³/mol. The Bertz CT molecular complexity index is 653. The zero-order valence-corrected chi connectivity index (χ0v) is 10.2. The Labute approximate surface area is 100 Å². The van der Waals surface area contributed by atoms with Gasteiger partial charge in [0.25, 0.3) is 0 Å². The number of aryl methyl sites for hydroxylation is 1. The maximum absolute atomic E-state index is 4.30. The van der Waals surface area contributed by atoms with Crippen molar-refractivity contribution in [1.82, 2.24) is 19.7 Å². The van der Waals surface area contributed by atoms with Gasteiger partial charge in [-0.1, -0.05) is 0 Å². The van der Waals surface area contributed by atoms with Crippen LogP contribution in [0.2, 0.25) is 0 Å². The highest BCUT2D eigenvalue weighted by atomic mass is 79.9. The van der Waals surface area contributed by atoms with Gasteiger partial charge in [0.05, 0.1) is 6.20 Å². The molecular weight excluding hydrogens is 268 g/mol. The number of rotatable bonds is 1. The van der Waals surface area contributed by atoms with Crippen molar-refractivity contribution in [2.24, 2.45) is 7.05 Å². The summed E-state index contributed by atoms with van der Waals surface area (Å²) in [5.74, 6) is 0.